The van der Waals surface area contributed by atoms with Crippen LogP contribution in [0.4, 0.5) is 17.1 Å². The van der Waals surface area contributed by atoms with Crippen LogP contribution in [0.1, 0.15) is 101 Å². The predicted molar refractivity (Wildman–Crippen MR) is 327 cm³/mol. The fraction of sp³-hybridized carbons (Fsp3) is 0.162. The van der Waals surface area contributed by atoms with Gasteiger partial charge in [-0.2, -0.15) is 0 Å². The molecule has 0 bridgehead atoms. The zero-order valence-electron chi connectivity index (χ0n) is 45.3. The van der Waals surface area contributed by atoms with E-state index in [9.17, 15) is 0 Å². The van der Waals surface area contributed by atoms with Crippen molar-refractivity contribution in [1.82, 2.24) is 4.57 Å². The molecular formula is C74H66N2. The zero-order chi connectivity index (χ0) is 52.4. The molecule has 1 unspecified atom stereocenters. The molecule has 0 spiro atoms. The first kappa shape index (κ1) is 48.5. The molecule has 372 valence electrons. The van der Waals surface area contributed by atoms with E-state index in [1.54, 1.807) is 0 Å². The number of benzene rings is 10. The monoisotopic (exact) mass is 983 g/mol. The first-order valence-electron chi connectivity index (χ1n) is 27.2. The standard InChI is InChI=1S/C55H46N2.C19H20/c1-7-38-39-15-8-9-16-40(39)47-31-36(24-26-41(38)47)56(52-32-49-53(44-19-11-10-17-42(44)52)46-25-23-33(2)30-48(46)55(49,5)6)51-22-14-20-45-43-18-12-13-21-50(43)57(54(45)51)37-28-34(3)27-35(4)29-37;1-4-18(5-2)19-12-11-17(13-15(19)3)14-16-9-7-6-8-10-16/h8-32,38H,7H2,1-6H3;4-13H,1,14H2,2-3H3/b;18-5+. The molecule has 13 rings (SSSR count). The molecule has 0 saturated carbocycles. The Morgan fingerprint density at radius 3 is 2.00 bits per heavy atom. The van der Waals surface area contributed by atoms with Gasteiger partial charge in [0.1, 0.15) is 0 Å². The molecule has 1 atom stereocenters. The molecule has 0 amide bonds. The molecule has 76 heavy (non-hydrogen) atoms. The van der Waals surface area contributed by atoms with Crippen molar-refractivity contribution in [2.75, 3.05) is 4.90 Å². The summed E-state index contributed by atoms with van der Waals surface area (Å²) in [6.45, 7) is 21.9. The van der Waals surface area contributed by atoms with Crippen molar-refractivity contribution in [3.8, 4) is 27.9 Å². The summed E-state index contributed by atoms with van der Waals surface area (Å²) < 4.78 is 2.51. The summed E-state index contributed by atoms with van der Waals surface area (Å²) in [7, 11) is 0. The summed E-state index contributed by atoms with van der Waals surface area (Å²) in [5.41, 5.74) is 28.3. The number of aryl methyl sites for hydroxylation is 4. The SMILES string of the molecule is C=C/C(=C\C)c1ccc(Cc2ccccc2)cc1C.CCC1c2ccccc2-c2cc(N(c3cc4c(c5ccccc35)-c3ccc(C)cc3C4(C)C)c3cccc4c5ccccc5n(-c5cc(C)cc(C)c5)c34)ccc21. The Bertz CT molecular complexity index is 4100. The second-order valence-electron chi connectivity index (χ2n) is 21.8. The first-order chi connectivity index (χ1) is 37.0. The molecule has 1 heterocycles. The highest BCUT2D eigenvalue weighted by atomic mass is 15.2. The molecule has 0 saturated heterocycles. The van der Waals surface area contributed by atoms with Crippen LogP contribution in [0.25, 0.3) is 66.1 Å². The van der Waals surface area contributed by atoms with E-state index in [2.05, 4.69) is 271 Å². The van der Waals surface area contributed by atoms with Crippen molar-refractivity contribution in [3.63, 3.8) is 0 Å². The highest BCUT2D eigenvalue weighted by Gasteiger charge is 2.38. The fourth-order valence-electron chi connectivity index (χ4n) is 13.0. The highest BCUT2D eigenvalue weighted by Crippen LogP contribution is 2.56. The first-order valence-corrected chi connectivity index (χ1v) is 27.2. The van der Waals surface area contributed by atoms with E-state index in [-0.39, 0.29) is 5.41 Å². The number of allylic oxidation sites excluding steroid dienone is 3. The van der Waals surface area contributed by atoms with E-state index < -0.39 is 0 Å². The summed E-state index contributed by atoms with van der Waals surface area (Å²) in [5.74, 6) is 0.401. The van der Waals surface area contributed by atoms with Gasteiger partial charge in [0, 0.05) is 38.9 Å². The lowest BCUT2D eigenvalue weighted by Crippen LogP contribution is -2.17. The quantitative estimate of drug-likeness (QED) is 0.131. The van der Waals surface area contributed by atoms with Crippen LogP contribution in [0.3, 0.4) is 0 Å². The third-order valence-electron chi connectivity index (χ3n) is 16.5. The van der Waals surface area contributed by atoms with Crippen LogP contribution in [0.2, 0.25) is 0 Å². The maximum absolute atomic E-state index is 3.87. The summed E-state index contributed by atoms with van der Waals surface area (Å²) in [5, 5.41) is 5.05. The largest absolute Gasteiger partial charge is 0.308 e. The number of aromatic nitrogens is 1. The third kappa shape index (κ3) is 8.10. The van der Waals surface area contributed by atoms with E-state index in [4.69, 9.17) is 0 Å². The molecule has 2 aliphatic rings. The lowest BCUT2D eigenvalue weighted by molar-refractivity contribution is 0.660. The van der Waals surface area contributed by atoms with Gasteiger partial charge in [0.25, 0.3) is 0 Å². The minimum absolute atomic E-state index is 0.174. The number of para-hydroxylation sites is 2. The molecule has 2 heteroatoms. The van der Waals surface area contributed by atoms with Crippen LogP contribution in [0, 0.1) is 27.7 Å². The van der Waals surface area contributed by atoms with Crippen LogP contribution in [0.5, 0.6) is 0 Å². The second kappa shape index (κ2) is 19.3. The van der Waals surface area contributed by atoms with Gasteiger partial charge in [-0.1, -0.05) is 203 Å². The van der Waals surface area contributed by atoms with Crippen molar-refractivity contribution in [1.29, 1.82) is 0 Å². The van der Waals surface area contributed by atoms with Gasteiger partial charge >= 0.3 is 0 Å². The van der Waals surface area contributed by atoms with Gasteiger partial charge < -0.3 is 9.47 Å². The number of nitrogens with zero attached hydrogens (tertiary/aromatic N) is 2. The molecule has 0 radical (unpaired) electrons. The molecule has 0 fully saturated rings. The van der Waals surface area contributed by atoms with Crippen LogP contribution < -0.4 is 4.90 Å². The number of rotatable bonds is 9. The molecule has 2 nitrogen and oxygen atoms in total. The number of fused-ring (bicyclic) bond motifs is 11. The van der Waals surface area contributed by atoms with E-state index in [1.165, 1.54) is 139 Å². The van der Waals surface area contributed by atoms with Gasteiger partial charge in [0.15, 0.2) is 0 Å². The maximum atomic E-state index is 3.87. The summed E-state index contributed by atoms with van der Waals surface area (Å²) in [6.07, 6.45) is 6.08. The van der Waals surface area contributed by atoms with Gasteiger partial charge in [-0.05, 0) is 179 Å². The summed E-state index contributed by atoms with van der Waals surface area (Å²) in [4.78, 5) is 2.59. The Morgan fingerprint density at radius 1 is 0.553 bits per heavy atom. The topological polar surface area (TPSA) is 8.17 Å². The number of anilines is 3. The highest BCUT2D eigenvalue weighted by molar-refractivity contribution is 6.17. The average molecular weight is 983 g/mol. The van der Waals surface area contributed by atoms with Crippen molar-refractivity contribution < 1.29 is 0 Å². The lowest BCUT2D eigenvalue weighted by Gasteiger charge is -2.31. The number of hydrogen-bond acceptors (Lipinski definition) is 1. The molecule has 0 aliphatic heterocycles. The second-order valence-corrected chi connectivity index (χ2v) is 21.8. The Kier molecular flexibility index (Phi) is 12.3. The van der Waals surface area contributed by atoms with Crippen molar-refractivity contribution in [2.24, 2.45) is 0 Å². The minimum Gasteiger partial charge on any atom is -0.308 e. The molecule has 10 aromatic carbocycles. The van der Waals surface area contributed by atoms with Gasteiger partial charge in [0.2, 0.25) is 0 Å². The Labute approximate surface area is 450 Å². The van der Waals surface area contributed by atoms with Crippen LogP contribution in [-0.4, -0.2) is 4.57 Å². The van der Waals surface area contributed by atoms with Crippen molar-refractivity contribution in [2.45, 2.75) is 79.6 Å². The van der Waals surface area contributed by atoms with E-state index in [1.807, 2.05) is 13.0 Å². The van der Waals surface area contributed by atoms with E-state index in [0.29, 0.717) is 5.92 Å². The Balaban J connectivity index is 0.000000259. The summed E-state index contributed by atoms with van der Waals surface area (Å²) in [6, 6.07) is 75.1. The Hall–Kier alpha value is -8.46. The normalized spacial score (nSPS) is 14.0. The van der Waals surface area contributed by atoms with Crippen LogP contribution in [-0.2, 0) is 11.8 Å². The number of hydrogen-bond donors (Lipinski definition) is 0. The summed E-state index contributed by atoms with van der Waals surface area (Å²) >= 11 is 0. The van der Waals surface area contributed by atoms with Gasteiger partial charge in [-0.15, -0.1) is 0 Å². The van der Waals surface area contributed by atoms with E-state index >= 15 is 0 Å². The molecule has 0 N–H and O–H groups in total. The molecule has 2 aliphatic carbocycles. The maximum Gasteiger partial charge on any atom is 0.0782 e. The van der Waals surface area contributed by atoms with Gasteiger partial charge in [-0.3, -0.25) is 0 Å². The smallest absolute Gasteiger partial charge is 0.0782 e. The minimum atomic E-state index is -0.174. The Morgan fingerprint density at radius 2 is 1.25 bits per heavy atom. The predicted octanol–water partition coefficient (Wildman–Crippen LogP) is 20.3. The van der Waals surface area contributed by atoms with Crippen molar-refractivity contribution in [3.05, 3.63) is 280 Å². The third-order valence-corrected chi connectivity index (χ3v) is 16.5. The van der Waals surface area contributed by atoms with Gasteiger partial charge in [0.05, 0.1) is 22.4 Å². The molecule has 11 aromatic rings. The van der Waals surface area contributed by atoms with E-state index in [0.717, 1.165) is 18.5 Å². The van der Waals surface area contributed by atoms with Crippen molar-refractivity contribution >= 4 is 55.2 Å². The zero-order valence-corrected chi connectivity index (χ0v) is 45.3. The lowest BCUT2D eigenvalue weighted by atomic mass is 9.81. The van der Waals surface area contributed by atoms with Gasteiger partial charge in [-0.25, -0.2) is 0 Å². The van der Waals surface area contributed by atoms with Crippen LogP contribution in [0.15, 0.2) is 219 Å². The van der Waals surface area contributed by atoms with Crippen LogP contribution >= 0.6 is 0 Å². The molecular weight excluding hydrogens is 917 g/mol. The molecule has 1 aromatic heterocycles. The average Bonchev–Trinajstić information content (AvgIpc) is 4.19. The fourth-order valence-corrected chi connectivity index (χ4v) is 13.0.